The fourth-order valence-electron chi connectivity index (χ4n) is 2.43. The molecule has 0 aliphatic rings. The minimum Gasteiger partial charge on any atom is -0.379 e. The highest BCUT2D eigenvalue weighted by molar-refractivity contribution is 9.10. The molecule has 0 radical (unpaired) electrons. The summed E-state index contributed by atoms with van der Waals surface area (Å²) in [5.74, 6) is 0. The Morgan fingerprint density at radius 3 is 2.45 bits per heavy atom. The van der Waals surface area contributed by atoms with Crippen molar-refractivity contribution < 1.29 is 5.11 Å². The molecule has 0 aliphatic heterocycles. The highest BCUT2D eigenvalue weighted by Crippen LogP contribution is 2.34. The largest absolute Gasteiger partial charge is 0.379 e. The van der Waals surface area contributed by atoms with Crippen LogP contribution in [0.15, 0.2) is 34.9 Å². The van der Waals surface area contributed by atoms with Gasteiger partial charge in [-0.05, 0) is 46.8 Å². The van der Waals surface area contributed by atoms with E-state index >= 15 is 0 Å². The molecular weight excluding hydrogens is 316 g/mol. The van der Waals surface area contributed by atoms with Crippen molar-refractivity contribution in [3.8, 4) is 0 Å². The van der Waals surface area contributed by atoms with Crippen molar-refractivity contribution in [2.24, 2.45) is 0 Å². The van der Waals surface area contributed by atoms with Crippen molar-refractivity contribution in [2.45, 2.75) is 45.8 Å². The number of aryl methyl sites for hydroxylation is 2. The number of aromatic nitrogens is 2. The number of rotatable bonds is 5. The molecule has 20 heavy (non-hydrogen) atoms. The molecule has 108 valence electrons. The molecule has 2 rings (SSSR count). The molecule has 0 aliphatic carbocycles. The third-order valence-corrected chi connectivity index (χ3v) is 4.20. The second-order valence-electron chi connectivity index (χ2n) is 5.19. The van der Waals surface area contributed by atoms with Crippen molar-refractivity contribution in [2.75, 3.05) is 0 Å². The number of benzene rings is 1. The summed E-state index contributed by atoms with van der Waals surface area (Å²) in [5, 5.41) is 15.3. The fraction of sp³-hybridized carbons (Fsp3) is 0.438. The Kier molecular flexibility index (Phi) is 4.66. The monoisotopic (exact) mass is 336 g/mol. The summed E-state index contributed by atoms with van der Waals surface area (Å²) in [6.07, 6.45) is 3.73. The van der Waals surface area contributed by atoms with E-state index < -0.39 is 5.60 Å². The van der Waals surface area contributed by atoms with Crippen LogP contribution in [-0.2, 0) is 18.6 Å². The van der Waals surface area contributed by atoms with Crippen LogP contribution >= 0.6 is 15.9 Å². The first kappa shape index (κ1) is 15.3. The molecule has 0 bridgehead atoms. The first-order valence-corrected chi connectivity index (χ1v) is 7.83. The van der Waals surface area contributed by atoms with Crippen molar-refractivity contribution in [1.82, 2.24) is 9.78 Å². The molecular formula is C16H21BrN2O. The smallest absolute Gasteiger partial charge is 0.129 e. The second-order valence-corrected chi connectivity index (χ2v) is 6.04. The van der Waals surface area contributed by atoms with Gasteiger partial charge in [-0.2, -0.15) is 5.10 Å². The molecule has 0 fully saturated rings. The Morgan fingerprint density at radius 1 is 1.25 bits per heavy atom. The average molecular weight is 337 g/mol. The molecule has 4 heteroatoms. The maximum absolute atomic E-state index is 11.0. The Balaban J connectivity index is 2.45. The predicted molar refractivity (Wildman–Crippen MR) is 84.7 cm³/mol. The summed E-state index contributed by atoms with van der Waals surface area (Å²) in [7, 11) is 0. The van der Waals surface area contributed by atoms with Gasteiger partial charge in [-0.25, -0.2) is 0 Å². The molecule has 1 aromatic carbocycles. The van der Waals surface area contributed by atoms with E-state index in [9.17, 15) is 5.11 Å². The van der Waals surface area contributed by atoms with Gasteiger partial charge in [0.05, 0.1) is 16.4 Å². The van der Waals surface area contributed by atoms with Crippen LogP contribution in [0.5, 0.6) is 0 Å². The number of hydrogen-bond donors (Lipinski definition) is 1. The summed E-state index contributed by atoms with van der Waals surface area (Å²) >= 11 is 3.51. The second kappa shape index (κ2) is 6.10. The van der Waals surface area contributed by atoms with Gasteiger partial charge in [0.2, 0.25) is 0 Å². The highest BCUT2D eigenvalue weighted by Gasteiger charge is 2.31. The summed E-state index contributed by atoms with van der Waals surface area (Å²) in [4.78, 5) is 0. The SMILES string of the molecule is CCCn1ncc(Br)c1C(C)(O)c1ccc(CC)cc1. The third kappa shape index (κ3) is 2.81. The zero-order valence-electron chi connectivity index (χ0n) is 12.2. The molecule has 3 nitrogen and oxygen atoms in total. The number of aliphatic hydroxyl groups is 1. The lowest BCUT2D eigenvalue weighted by Gasteiger charge is -2.26. The van der Waals surface area contributed by atoms with E-state index in [0.29, 0.717) is 0 Å². The van der Waals surface area contributed by atoms with Crippen LogP contribution in [0.1, 0.15) is 44.0 Å². The molecule has 0 amide bonds. The van der Waals surface area contributed by atoms with E-state index in [1.807, 2.05) is 23.7 Å². The van der Waals surface area contributed by atoms with Gasteiger partial charge in [-0.1, -0.05) is 38.1 Å². The van der Waals surface area contributed by atoms with Crippen LogP contribution in [0.25, 0.3) is 0 Å². The number of nitrogens with zero attached hydrogens (tertiary/aromatic N) is 2. The van der Waals surface area contributed by atoms with Crippen LogP contribution in [0.4, 0.5) is 0 Å². The molecule has 1 heterocycles. The van der Waals surface area contributed by atoms with Crippen LogP contribution in [-0.4, -0.2) is 14.9 Å². The van der Waals surface area contributed by atoms with Gasteiger partial charge in [-0.15, -0.1) is 0 Å². The van der Waals surface area contributed by atoms with E-state index in [0.717, 1.165) is 35.1 Å². The van der Waals surface area contributed by atoms with Crippen molar-refractivity contribution in [3.05, 3.63) is 51.8 Å². The van der Waals surface area contributed by atoms with Crippen LogP contribution in [0.2, 0.25) is 0 Å². The topological polar surface area (TPSA) is 38.0 Å². The lowest BCUT2D eigenvalue weighted by molar-refractivity contribution is 0.0906. The van der Waals surface area contributed by atoms with Crippen molar-refractivity contribution >= 4 is 15.9 Å². The van der Waals surface area contributed by atoms with Gasteiger partial charge in [0.15, 0.2) is 0 Å². The molecule has 2 aromatic rings. The molecule has 0 saturated carbocycles. The quantitative estimate of drug-likeness (QED) is 0.899. The van der Waals surface area contributed by atoms with Crippen LogP contribution < -0.4 is 0 Å². The first-order valence-electron chi connectivity index (χ1n) is 7.04. The minimum atomic E-state index is -1.06. The maximum Gasteiger partial charge on any atom is 0.129 e. The Hall–Kier alpha value is -1.13. The molecule has 0 spiro atoms. The number of halogens is 1. The average Bonchev–Trinajstić information content (AvgIpc) is 2.81. The lowest BCUT2D eigenvalue weighted by atomic mass is 9.91. The summed E-state index contributed by atoms with van der Waals surface area (Å²) in [6, 6.07) is 8.12. The van der Waals surface area contributed by atoms with Crippen molar-refractivity contribution in [1.29, 1.82) is 0 Å². The molecule has 1 aromatic heterocycles. The van der Waals surface area contributed by atoms with Crippen molar-refractivity contribution in [3.63, 3.8) is 0 Å². The molecule has 1 atom stereocenters. The van der Waals surface area contributed by atoms with E-state index in [1.54, 1.807) is 6.20 Å². The normalized spacial score (nSPS) is 14.2. The standard InChI is InChI=1S/C16H21BrN2O/c1-4-10-19-15(14(17)11-18-19)16(3,20)13-8-6-12(5-2)7-9-13/h6-9,11,20H,4-5,10H2,1-3H3. The summed E-state index contributed by atoms with van der Waals surface area (Å²) in [6.45, 7) is 6.84. The highest BCUT2D eigenvalue weighted by atomic mass is 79.9. The van der Waals surface area contributed by atoms with E-state index in [-0.39, 0.29) is 0 Å². The summed E-state index contributed by atoms with van der Waals surface area (Å²) in [5.41, 5.74) is 1.90. The molecule has 1 N–H and O–H groups in total. The van der Waals surface area contributed by atoms with Gasteiger partial charge in [0.1, 0.15) is 5.60 Å². The number of hydrogen-bond acceptors (Lipinski definition) is 2. The van der Waals surface area contributed by atoms with Gasteiger partial charge in [-0.3, -0.25) is 4.68 Å². The van der Waals surface area contributed by atoms with Gasteiger partial charge >= 0.3 is 0 Å². The molecule has 1 unspecified atom stereocenters. The minimum absolute atomic E-state index is 0.796. The maximum atomic E-state index is 11.0. The van der Waals surface area contributed by atoms with E-state index in [1.165, 1.54) is 5.56 Å². The zero-order chi connectivity index (χ0) is 14.8. The first-order chi connectivity index (χ1) is 9.50. The molecule has 0 saturated heterocycles. The Bertz CT molecular complexity index is 573. The van der Waals surface area contributed by atoms with Crippen LogP contribution in [0, 0.1) is 0 Å². The van der Waals surface area contributed by atoms with Gasteiger partial charge in [0, 0.05) is 6.54 Å². The summed E-state index contributed by atoms with van der Waals surface area (Å²) < 4.78 is 2.72. The predicted octanol–water partition coefficient (Wildman–Crippen LogP) is 3.87. The van der Waals surface area contributed by atoms with E-state index in [2.05, 4.69) is 47.0 Å². The Morgan fingerprint density at radius 2 is 1.90 bits per heavy atom. The third-order valence-electron chi connectivity index (χ3n) is 3.62. The van der Waals surface area contributed by atoms with Gasteiger partial charge in [0.25, 0.3) is 0 Å². The van der Waals surface area contributed by atoms with Gasteiger partial charge < -0.3 is 5.11 Å². The van der Waals surface area contributed by atoms with E-state index in [4.69, 9.17) is 0 Å². The fourth-order valence-corrected chi connectivity index (χ4v) is 3.11. The lowest BCUT2D eigenvalue weighted by Crippen LogP contribution is -2.27. The zero-order valence-corrected chi connectivity index (χ0v) is 13.8. The van der Waals surface area contributed by atoms with Crippen LogP contribution in [0.3, 0.4) is 0 Å². The Labute approximate surface area is 128 Å².